The fourth-order valence-electron chi connectivity index (χ4n) is 6.59. The number of benzene rings is 6. The van der Waals surface area contributed by atoms with Crippen molar-refractivity contribution in [3.63, 3.8) is 0 Å². The molecule has 9 aromatic rings. The molecular formula is C43H27N3. The first-order chi connectivity index (χ1) is 22.8. The Morgan fingerprint density at radius 3 is 1.57 bits per heavy atom. The highest BCUT2D eigenvalue weighted by molar-refractivity contribution is 6.17. The van der Waals surface area contributed by atoms with Crippen molar-refractivity contribution in [2.75, 3.05) is 0 Å². The Morgan fingerprint density at radius 2 is 0.913 bits per heavy atom. The number of rotatable bonds is 4. The highest BCUT2D eigenvalue weighted by Gasteiger charge is 2.16. The van der Waals surface area contributed by atoms with Crippen LogP contribution in [0.3, 0.4) is 0 Å². The van der Waals surface area contributed by atoms with Crippen molar-refractivity contribution in [3.8, 4) is 44.9 Å². The van der Waals surface area contributed by atoms with Gasteiger partial charge in [-0.15, -0.1) is 0 Å². The quantitative estimate of drug-likeness (QED) is 0.193. The summed E-state index contributed by atoms with van der Waals surface area (Å²) in [6.45, 7) is 0. The fraction of sp³-hybridized carbons (Fsp3) is 0. The molecule has 214 valence electrons. The minimum atomic E-state index is 0.897. The van der Waals surface area contributed by atoms with Crippen molar-refractivity contribution >= 4 is 43.5 Å². The van der Waals surface area contributed by atoms with Gasteiger partial charge in [-0.25, -0.2) is 15.0 Å². The second-order valence-corrected chi connectivity index (χ2v) is 11.6. The molecule has 0 fully saturated rings. The standard InChI is InChI=1S/C43H27N3/c1-4-11-28(12-5-1)34-17-10-18-36-40(34)35-24-21-33(27-39(35)46-41(36)30-15-8-3-9-16-30)38-26-23-32-20-19-31-22-25-37(29-13-6-2-7-14-29)44-42(31)43(32)45-38/h1-27H. The molecule has 0 amide bonds. The highest BCUT2D eigenvalue weighted by Crippen LogP contribution is 2.39. The molecule has 0 aliphatic heterocycles. The van der Waals surface area contributed by atoms with Crippen LogP contribution in [0, 0.1) is 0 Å². The average molecular weight is 586 g/mol. The monoisotopic (exact) mass is 585 g/mol. The molecule has 46 heavy (non-hydrogen) atoms. The molecule has 0 aliphatic carbocycles. The van der Waals surface area contributed by atoms with Crippen molar-refractivity contribution in [2.45, 2.75) is 0 Å². The molecular weight excluding hydrogens is 558 g/mol. The smallest absolute Gasteiger partial charge is 0.0972 e. The van der Waals surface area contributed by atoms with E-state index in [-0.39, 0.29) is 0 Å². The Balaban J connectivity index is 1.27. The van der Waals surface area contributed by atoms with Crippen molar-refractivity contribution < 1.29 is 0 Å². The summed E-state index contributed by atoms with van der Waals surface area (Å²) in [5.41, 5.74) is 11.2. The van der Waals surface area contributed by atoms with Crippen LogP contribution in [0.5, 0.6) is 0 Å². The largest absolute Gasteiger partial charge is 0.247 e. The second kappa shape index (κ2) is 10.8. The molecule has 0 unspecified atom stereocenters. The van der Waals surface area contributed by atoms with Crippen molar-refractivity contribution in [3.05, 3.63) is 164 Å². The van der Waals surface area contributed by atoms with Crippen molar-refractivity contribution in [1.29, 1.82) is 0 Å². The summed E-state index contributed by atoms with van der Waals surface area (Å²) >= 11 is 0. The predicted molar refractivity (Wildman–Crippen MR) is 192 cm³/mol. The van der Waals surface area contributed by atoms with E-state index in [0.717, 1.165) is 71.9 Å². The molecule has 0 saturated carbocycles. The summed E-state index contributed by atoms with van der Waals surface area (Å²) in [5, 5.41) is 5.61. The summed E-state index contributed by atoms with van der Waals surface area (Å²) in [6.07, 6.45) is 0. The van der Waals surface area contributed by atoms with Crippen LogP contribution >= 0.6 is 0 Å². The van der Waals surface area contributed by atoms with Gasteiger partial charge in [0.15, 0.2) is 0 Å². The first-order valence-electron chi connectivity index (χ1n) is 15.5. The topological polar surface area (TPSA) is 38.7 Å². The first-order valence-corrected chi connectivity index (χ1v) is 15.5. The summed E-state index contributed by atoms with van der Waals surface area (Å²) in [4.78, 5) is 15.6. The van der Waals surface area contributed by atoms with Crippen LogP contribution in [0.25, 0.3) is 88.4 Å². The lowest BCUT2D eigenvalue weighted by Crippen LogP contribution is -1.94. The molecule has 3 heteroatoms. The van der Waals surface area contributed by atoms with Crippen LogP contribution < -0.4 is 0 Å². The van der Waals surface area contributed by atoms with Gasteiger partial charge in [-0.2, -0.15) is 0 Å². The number of pyridine rings is 3. The minimum Gasteiger partial charge on any atom is -0.247 e. The molecule has 0 bridgehead atoms. The Labute approximate surface area is 266 Å². The van der Waals surface area contributed by atoms with E-state index in [4.69, 9.17) is 15.0 Å². The Hall–Kier alpha value is -6.19. The number of hydrogen-bond acceptors (Lipinski definition) is 3. The van der Waals surface area contributed by atoms with Crippen LogP contribution in [-0.4, -0.2) is 15.0 Å². The highest BCUT2D eigenvalue weighted by atomic mass is 14.8. The molecule has 0 aliphatic rings. The van der Waals surface area contributed by atoms with E-state index in [1.807, 2.05) is 24.3 Å². The molecule has 0 atom stereocenters. The van der Waals surface area contributed by atoms with Crippen LogP contribution in [0.4, 0.5) is 0 Å². The SMILES string of the molecule is c1ccc(-c2ccc3ccc4ccc(-c5ccc6c(c5)nc(-c5ccccc5)c5cccc(-c7ccccc7)c56)nc4c3n2)cc1. The molecule has 0 N–H and O–H groups in total. The van der Waals surface area contributed by atoms with Gasteiger partial charge in [0.05, 0.1) is 33.6 Å². The summed E-state index contributed by atoms with van der Waals surface area (Å²) in [5.74, 6) is 0. The number of aromatic nitrogens is 3. The van der Waals surface area contributed by atoms with E-state index in [2.05, 4.69) is 140 Å². The zero-order valence-corrected chi connectivity index (χ0v) is 24.9. The normalized spacial score (nSPS) is 11.5. The maximum atomic E-state index is 5.31. The van der Waals surface area contributed by atoms with Crippen molar-refractivity contribution in [2.24, 2.45) is 0 Å². The van der Waals surface area contributed by atoms with Crippen molar-refractivity contribution in [1.82, 2.24) is 15.0 Å². The molecule has 6 aromatic carbocycles. The molecule has 3 aromatic heterocycles. The fourth-order valence-corrected chi connectivity index (χ4v) is 6.59. The van der Waals surface area contributed by atoms with Crippen LogP contribution in [0.1, 0.15) is 0 Å². The summed E-state index contributed by atoms with van der Waals surface area (Å²) in [7, 11) is 0. The summed E-state index contributed by atoms with van der Waals surface area (Å²) in [6, 6.07) is 57.2. The number of hydrogen-bond donors (Lipinski definition) is 0. The second-order valence-electron chi connectivity index (χ2n) is 11.6. The average Bonchev–Trinajstić information content (AvgIpc) is 3.14. The van der Waals surface area contributed by atoms with Gasteiger partial charge in [0.25, 0.3) is 0 Å². The molecule has 0 radical (unpaired) electrons. The molecule has 0 spiro atoms. The number of fused-ring (bicyclic) bond motifs is 6. The summed E-state index contributed by atoms with van der Waals surface area (Å²) < 4.78 is 0. The van der Waals surface area contributed by atoms with Gasteiger partial charge in [-0.05, 0) is 29.3 Å². The van der Waals surface area contributed by atoms with Gasteiger partial charge >= 0.3 is 0 Å². The van der Waals surface area contributed by atoms with E-state index in [1.165, 1.54) is 16.5 Å². The van der Waals surface area contributed by atoms with Gasteiger partial charge in [0.2, 0.25) is 0 Å². The molecule has 0 saturated heterocycles. The molecule has 9 rings (SSSR count). The van der Waals surface area contributed by atoms with Gasteiger partial charge in [0, 0.05) is 43.6 Å². The predicted octanol–water partition coefficient (Wildman–Crippen LogP) is 11.2. The minimum absolute atomic E-state index is 0.897. The molecule has 3 heterocycles. The molecule has 3 nitrogen and oxygen atoms in total. The third-order valence-corrected chi connectivity index (χ3v) is 8.84. The number of nitrogens with zero attached hydrogens (tertiary/aromatic N) is 3. The van der Waals surface area contributed by atoms with E-state index in [9.17, 15) is 0 Å². The van der Waals surface area contributed by atoms with Gasteiger partial charge in [-0.3, -0.25) is 0 Å². The lowest BCUT2D eigenvalue weighted by Gasteiger charge is -2.15. The van der Waals surface area contributed by atoms with Gasteiger partial charge in [0.1, 0.15) is 0 Å². The van der Waals surface area contributed by atoms with Crippen LogP contribution in [0.15, 0.2) is 164 Å². The Kier molecular flexibility index (Phi) is 6.14. The first kappa shape index (κ1) is 26.2. The van der Waals surface area contributed by atoms with E-state index in [0.29, 0.717) is 0 Å². The maximum absolute atomic E-state index is 5.31. The maximum Gasteiger partial charge on any atom is 0.0972 e. The zero-order valence-electron chi connectivity index (χ0n) is 24.9. The lowest BCUT2D eigenvalue weighted by atomic mass is 9.92. The third kappa shape index (κ3) is 4.41. The zero-order chi connectivity index (χ0) is 30.5. The van der Waals surface area contributed by atoms with E-state index >= 15 is 0 Å². The Bertz CT molecular complexity index is 2560. The van der Waals surface area contributed by atoms with Gasteiger partial charge < -0.3 is 0 Å². The van der Waals surface area contributed by atoms with E-state index in [1.54, 1.807) is 0 Å². The van der Waals surface area contributed by atoms with Crippen LogP contribution in [-0.2, 0) is 0 Å². The van der Waals surface area contributed by atoms with Crippen LogP contribution in [0.2, 0.25) is 0 Å². The lowest BCUT2D eigenvalue weighted by molar-refractivity contribution is 1.36. The third-order valence-electron chi connectivity index (χ3n) is 8.84. The Morgan fingerprint density at radius 1 is 0.348 bits per heavy atom. The van der Waals surface area contributed by atoms with E-state index < -0.39 is 0 Å². The van der Waals surface area contributed by atoms with Gasteiger partial charge in [-0.1, -0.05) is 146 Å².